The molecular weight excluding hydrogens is 457 g/mol. The summed E-state index contributed by atoms with van der Waals surface area (Å²) in [5, 5.41) is 5.88. The van der Waals surface area contributed by atoms with Gasteiger partial charge in [0.1, 0.15) is 11.5 Å². The number of ether oxygens (including phenoxy) is 1. The normalized spacial score (nSPS) is 11.5. The monoisotopic (exact) mass is 475 g/mol. The highest BCUT2D eigenvalue weighted by Crippen LogP contribution is 2.40. The third kappa shape index (κ3) is 4.68. The number of hydrogen-bond donors (Lipinski definition) is 1. The fourth-order valence-corrected chi connectivity index (χ4v) is 3.62. The number of nitrogens with zero attached hydrogens (tertiary/aromatic N) is 4. The number of alkyl halides is 3. The molecule has 0 saturated carbocycles. The molecule has 0 aliphatic rings. The van der Waals surface area contributed by atoms with Gasteiger partial charge >= 0.3 is 6.18 Å². The van der Waals surface area contributed by atoms with Crippen molar-refractivity contribution in [3.05, 3.63) is 82.8 Å². The Labute approximate surface area is 191 Å². The van der Waals surface area contributed by atoms with Crippen molar-refractivity contribution in [3.8, 4) is 11.6 Å². The Morgan fingerprint density at radius 2 is 1.59 bits per heavy atom. The molecule has 1 N–H and O–H groups in total. The van der Waals surface area contributed by atoms with E-state index in [1.165, 1.54) is 17.0 Å². The molecule has 3 aromatic heterocycles. The van der Waals surface area contributed by atoms with E-state index in [2.05, 4.69) is 15.1 Å². The molecule has 6 nitrogen and oxygen atoms in total. The summed E-state index contributed by atoms with van der Waals surface area (Å²) in [5.41, 5.74) is 2.07. The first-order chi connectivity index (χ1) is 16.0. The lowest BCUT2D eigenvalue weighted by molar-refractivity contribution is -0.141. The summed E-state index contributed by atoms with van der Waals surface area (Å²) >= 11 is 0. The molecule has 3 heterocycles. The van der Waals surface area contributed by atoms with Crippen LogP contribution in [0.5, 0.6) is 11.6 Å². The zero-order valence-electron chi connectivity index (χ0n) is 18.2. The van der Waals surface area contributed by atoms with Crippen molar-refractivity contribution >= 4 is 17.3 Å². The minimum absolute atomic E-state index is 0.0540. The highest BCUT2D eigenvalue weighted by Gasteiger charge is 2.34. The van der Waals surface area contributed by atoms with Crippen LogP contribution in [0.3, 0.4) is 0 Å². The second-order valence-corrected chi connectivity index (χ2v) is 7.58. The van der Waals surface area contributed by atoms with E-state index in [0.717, 1.165) is 34.9 Å². The molecule has 0 radical (unpaired) electrons. The van der Waals surface area contributed by atoms with Crippen molar-refractivity contribution < 1.29 is 26.7 Å². The third-order valence-corrected chi connectivity index (χ3v) is 4.89. The molecule has 34 heavy (non-hydrogen) atoms. The molecule has 176 valence electrons. The smallest absolute Gasteiger partial charge is 0.432 e. The van der Waals surface area contributed by atoms with E-state index in [1.807, 2.05) is 38.0 Å². The van der Waals surface area contributed by atoms with E-state index in [0.29, 0.717) is 5.69 Å². The van der Waals surface area contributed by atoms with Crippen LogP contribution in [-0.2, 0) is 6.18 Å². The number of H-pyrrole nitrogens is 1. The summed E-state index contributed by atoms with van der Waals surface area (Å²) < 4.78 is 72.2. The van der Waals surface area contributed by atoms with Crippen LogP contribution in [0.25, 0.3) is 0 Å². The number of benzene rings is 1. The molecule has 4 aromatic rings. The lowest BCUT2D eigenvalue weighted by Crippen LogP contribution is -2.15. The van der Waals surface area contributed by atoms with Crippen LogP contribution < -0.4 is 9.64 Å². The van der Waals surface area contributed by atoms with Crippen molar-refractivity contribution in [3.63, 3.8) is 0 Å². The Kier molecular flexibility index (Phi) is 5.94. The molecular formula is C23H18F5N5O. The minimum atomic E-state index is -4.63. The molecule has 0 spiro atoms. The summed E-state index contributed by atoms with van der Waals surface area (Å²) in [6.45, 7) is 5.54. The molecule has 0 unspecified atom stereocenters. The van der Waals surface area contributed by atoms with Gasteiger partial charge in [-0.15, -0.1) is 0 Å². The Hall–Kier alpha value is -4.02. The number of hydrogen-bond acceptors (Lipinski definition) is 5. The molecule has 0 aliphatic heterocycles. The van der Waals surface area contributed by atoms with Crippen LogP contribution in [0.2, 0.25) is 0 Å². The first kappa shape index (κ1) is 23.1. The average Bonchev–Trinajstić information content (AvgIpc) is 3.23. The van der Waals surface area contributed by atoms with Crippen molar-refractivity contribution in [2.45, 2.75) is 26.9 Å². The van der Waals surface area contributed by atoms with Gasteiger partial charge in [-0.1, -0.05) is 23.8 Å². The number of halogens is 5. The summed E-state index contributed by atoms with van der Waals surface area (Å²) in [6, 6.07) is 11.1. The maximum Gasteiger partial charge on any atom is 0.432 e. The fourth-order valence-electron chi connectivity index (χ4n) is 3.62. The van der Waals surface area contributed by atoms with E-state index in [1.54, 1.807) is 6.07 Å². The van der Waals surface area contributed by atoms with Gasteiger partial charge in [0.05, 0.1) is 5.69 Å². The summed E-state index contributed by atoms with van der Waals surface area (Å²) in [5.74, 6) is -2.51. The van der Waals surface area contributed by atoms with Gasteiger partial charge in [-0.3, -0.25) is 10.00 Å². The van der Waals surface area contributed by atoms with Gasteiger partial charge in [0, 0.05) is 12.1 Å². The lowest BCUT2D eigenvalue weighted by Gasteiger charge is -2.26. The van der Waals surface area contributed by atoms with Gasteiger partial charge in [-0.05, 0) is 50.1 Å². The van der Waals surface area contributed by atoms with Crippen molar-refractivity contribution in [2.24, 2.45) is 0 Å². The van der Waals surface area contributed by atoms with Crippen LogP contribution >= 0.6 is 0 Å². The first-order valence-electron chi connectivity index (χ1n) is 10.0. The molecule has 1 aromatic carbocycles. The van der Waals surface area contributed by atoms with Crippen molar-refractivity contribution in [1.29, 1.82) is 0 Å². The molecule has 0 bridgehead atoms. The molecule has 11 heteroatoms. The summed E-state index contributed by atoms with van der Waals surface area (Å²) in [4.78, 5) is 8.85. The van der Waals surface area contributed by atoms with Crippen LogP contribution in [0.15, 0.2) is 48.5 Å². The maximum atomic E-state index is 13.9. The number of nitrogens with one attached hydrogen (secondary N) is 1. The molecule has 0 fully saturated rings. The average molecular weight is 475 g/mol. The Morgan fingerprint density at radius 1 is 0.882 bits per heavy atom. The largest absolute Gasteiger partial charge is 0.434 e. The highest BCUT2D eigenvalue weighted by molar-refractivity contribution is 5.77. The second-order valence-electron chi connectivity index (χ2n) is 7.58. The Morgan fingerprint density at radius 3 is 2.21 bits per heavy atom. The van der Waals surface area contributed by atoms with E-state index >= 15 is 0 Å². The second kappa shape index (κ2) is 8.73. The van der Waals surface area contributed by atoms with Gasteiger partial charge in [-0.25, -0.2) is 0 Å². The Balaban J connectivity index is 1.83. The van der Waals surface area contributed by atoms with E-state index in [9.17, 15) is 22.0 Å². The number of aryl methyl sites for hydroxylation is 3. The van der Waals surface area contributed by atoms with Crippen LogP contribution in [0, 0.1) is 32.7 Å². The third-order valence-electron chi connectivity index (χ3n) is 4.89. The molecule has 0 atom stereocenters. The van der Waals surface area contributed by atoms with Crippen LogP contribution in [0.4, 0.5) is 39.3 Å². The SMILES string of the molecule is Cc1cc(C)c(N(c2cc(C(F)(F)F)[nH]n2)c2cccc(Oc3ccc(F)nc3F)n2)c(C)c1. The number of rotatable bonds is 5. The Bertz CT molecular complexity index is 1330. The van der Waals surface area contributed by atoms with Gasteiger partial charge < -0.3 is 4.74 Å². The van der Waals surface area contributed by atoms with E-state index in [-0.39, 0.29) is 23.3 Å². The maximum absolute atomic E-state index is 13.9. The van der Waals surface area contributed by atoms with Gasteiger partial charge in [0.2, 0.25) is 11.8 Å². The fraction of sp³-hybridized carbons (Fsp3) is 0.174. The van der Waals surface area contributed by atoms with E-state index in [4.69, 9.17) is 4.74 Å². The topological polar surface area (TPSA) is 66.9 Å². The quantitative estimate of drug-likeness (QED) is 0.258. The minimum Gasteiger partial charge on any atom is -0.434 e. The number of aromatic nitrogens is 4. The van der Waals surface area contributed by atoms with Crippen molar-refractivity contribution in [1.82, 2.24) is 20.2 Å². The van der Waals surface area contributed by atoms with Crippen molar-refractivity contribution in [2.75, 3.05) is 4.90 Å². The number of pyridine rings is 2. The molecule has 0 amide bonds. The summed E-state index contributed by atoms with van der Waals surface area (Å²) in [6.07, 6.45) is -4.63. The zero-order valence-corrected chi connectivity index (χ0v) is 18.2. The zero-order chi connectivity index (χ0) is 24.6. The predicted molar refractivity (Wildman–Crippen MR) is 115 cm³/mol. The molecule has 4 rings (SSSR count). The number of anilines is 3. The van der Waals surface area contributed by atoms with E-state index < -0.39 is 23.8 Å². The van der Waals surface area contributed by atoms with Crippen LogP contribution in [-0.4, -0.2) is 20.2 Å². The van der Waals surface area contributed by atoms with Gasteiger partial charge in [0.25, 0.3) is 5.95 Å². The summed E-state index contributed by atoms with van der Waals surface area (Å²) in [7, 11) is 0. The number of aromatic amines is 1. The highest BCUT2D eigenvalue weighted by atomic mass is 19.4. The first-order valence-corrected chi connectivity index (χ1v) is 10.0. The standard InChI is InChI=1S/C23H18F5N5O/c1-12-9-13(2)21(14(3)10-12)33(19-11-16(31-32-19)23(26,27)28)18-5-4-6-20(30-18)34-15-7-8-17(24)29-22(15)25/h4-11H,1-3H3,(H,31,32). The molecule has 0 aliphatic carbocycles. The van der Waals surface area contributed by atoms with Gasteiger partial charge in [0.15, 0.2) is 11.6 Å². The van der Waals surface area contributed by atoms with Crippen LogP contribution in [0.1, 0.15) is 22.4 Å². The van der Waals surface area contributed by atoms with Gasteiger partial charge in [-0.2, -0.15) is 37.0 Å². The lowest BCUT2D eigenvalue weighted by atomic mass is 10.0. The molecule has 0 saturated heterocycles. The predicted octanol–water partition coefficient (Wildman–Crippen LogP) is 6.68.